The maximum Gasteiger partial charge on any atom is 0.154 e. The molecule has 0 saturated carbocycles. The Hall–Kier alpha value is -3.46. The van der Waals surface area contributed by atoms with Crippen LogP contribution in [0.25, 0.3) is 22.3 Å². The quantitative estimate of drug-likeness (QED) is 0.334. The normalized spacial score (nSPS) is 13.6. The van der Waals surface area contributed by atoms with Crippen molar-refractivity contribution >= 4 is 11.4 Å². The molecule has 0 unspecified atom stereocenters. The lowest BCUT2D eigenvalue weighted by atomic mass is 9.82. The molecule has 0 N–H and O–H groups in total. The van der Waals surface area contributed by atoms with Crippen molar-refractivity contribution in [1.82, 2.24) is 0 Å². The summed E-state index contributed by atoms with van der Waals surface area (Å²) in [6.45, 7) is 4.42. The van der Waals surface area contributed by atoms with Crippen LogP contribution in [0.4, 0.5) is 20.2 Å². The van der Waals surface area contributed by atoms with E-state index in [4.69, 9.17) is 0 Å². The van der Waals surface area contributed by atoms with Gasteiger partial charge in [0.25, 0.3) is 0 Å². The van der Waals surface area contributed by atoms with Gasteiger partial charge < -0.3 is 4.90 Å². The number of halogens is 2. The van der Waals surface area contributed by atoms with Gasteiger partial charge in [0.1, 0.15) is 5.82 Å². The molecule has 0 aromatic heterocycles. The molecule has 1 nitrogen and oxygen atoms in total. The zero-order chi connectivity index (χ0) is 21.8. The Labute approximate surface area is 181 Å². The van der Waals surface area contributed by atoms with E-state index in [1.54, 1.807) is 42.3 Å². The highest BCUT2D eigenvalue weighted by Gasteiger charge is 2.36. The topological polar surface area (TPSA) is 3.24 Å². The lowest BCUT2D eigenvalue weighted by Gasteiger charge is -2.23. The van der Waals surface area contributed by atoms with Gasteiger partial charge in [-0.1, -0.05) is 80.6 Å². The zero-order valence-corrected chi connectivity index (χ0v) is 17.8. The van der Waals surface area contributed by atoms with Crippen molar-refractivity contribution in [1.29, 1.82) is 0 Å². The molecule has 0 amide bonds. The van der Waals surface area contributed by atoms with Crippen LogP contribution in [0.1, 0.15) is 25.0 Å². The van der Waals surface area contributed by atoms with Gasteiger partial charge in [-0.3, -0.25) is 0 Å². The van der Waals surface area contributed by atoms with Crippen LogP contribution in [0.15, 0.2) is 84.9 Å². The van der Waals surface area contributed by atoms with Crippen LogP contribution in [0.5, 0.6) is 0 Å². The summed E-state index contributed by atoms with van der Waals surface area (Å²) in [6, 6.07) is 26.2. The lowest BCUT2D eigenvalue weighted by molar-refractivity contribution is 0.619. The molecule has 0 saturated heterocycles. The first-order valence-corrected chi connectivity index (χ1v) is 10.4. The molecule has 0 heterocycles. The number of hydrogen-bond donors (Lipinski definition) is 0. The number of rotatable bonds is 3. The highest BCUT2D eigenvalue weighted by Crippen LogP contribution is 2.52. The van der Waals surface area contributed by atoms with Crippen molar-refractivity contribution in [2.45, 2.75) is 19.3 Å². The van der Waals surface area contributed by atoms with Crippen LogP contribution in [0.2, 0.25) is 0 Å². The third-order valence-corrected chi connectivity index (χ3v) is 6.45. The molecule has 154 valence electrons. The molecule has 0 fully saturated rings. The van der Waals surface area contributed by atoms with Crippen molar-refractivity contribution in [2.75, 3.05) is 11.9 Å². The van der Waals surface area contributed by atoms with E-state index in [0.29, 0.717) is 16.9 Å². The van der Waals surface area contributed by atoms with Crippen LogP contribution in [-0.2, 0) is 5.41 Å². The average Bonchev–Trinajstić information content (AvgIpc) is 3.01. The molecule has 1 aliphatic rings. The second-order valence-electron chi connectivity index (χ2n) is 8.55. The van der Waals surface area contributed by atoms with Gasteiger partial charge in [0.15, 0.2) is 5.82 Å². The van der Waals surface area contributed by atoms with Crippen molar-refractivity contribution in [3.8, 4) is 22.3 Å². The molecule has 0 atom stereocenters. The Morgan fingerprint density at radius 3 is 2.00 bits per heavy atom. The van der Waals surface area contributed by atoms with E-state index in [1.165, 1.54) is 17.2 Å². The summed E-state index contributed by atoms with van der Waals surface area (Å²) in [6.07, 6.45) is 0. The highest BCUT2D eigenvalue weighted by atomic mass is 19.1. The minimum atomic E-state index is -0.383. The zero-order valence-electron chi connectivity index (χ0n) is 17.8. The summed E-state index contributed by atoms with van der Waals surface area (Å²) in [4.78, 5) is 1.56. The summed E-state index contributed by atoms with van der Waals surface area (Å²) < 4.78 is 30.2. The van der Waals surface area contributed by atoms with Crippen LogP contribution in [-0.4, -0.2) is 7.05 Å². The molecule has 31 heavy (non-hydrogen) atoms. The predicted octanol–water partition coefficient (Wildman–Crippen LogP) is 7.71. The van der Waals surface area contributed by atoms with Crippen molar-refractivity contribution in [2.24, 2.45) is 0 Å². The minimum absolute atomic E-state index is 0.153. The molecule has 3 heteroatoms. The minimum Gasteiger partial charge on any atom is -0.340 e. The van der Waals surface area contributed by atoms with Gasteiger partial charge >= 0.3 is 0 Å². The Kier molecular flexibility index (Phi) is 4.44. The van der Waals surface area contributed by atoms with E-state index in [0.717, 1.165) is 16.7 Å². The molecule has 0 aliphatic heterocycles. The standard InChI is InChI=1S/C28H23F2N/c1-28(2)21-13-5-4-10-20(21)26-18(11-8-14-22(26)28)19-12-9-17-25(27(19)30)31(3)24-16-7-6-15-23(24)29/h4-17H,1-3H3. The van der Waals surface area contributed by atoms with E-state index < -0.39 is 0 Å². The van der Waals surface area contributed by atoms with E-state index in [2.05, 4.69) is 38.1 Å². The Morgan fingerprint density at radius 2 is 1.19 bits per heavy atom. The number of nitrogens with zero attached hydrogens (tertiary/aromatic N) is 1. The second-order valence-corrected chi connectivity index (χ2v) is 8.55. The largest absolute Gasteiger partial charge is 0.340 e. The first-order chi connectivity index (χ1) is 14.9. The van der Waals surface area contributed by atoms with Gasteiger partial charge in [0, 0.05) is 18.0 Å². The SMILES string of the molecule is CN(c1ccccc1F)c1cccc(-c2cccc3c2-c2ccccc2C3(C)C)c1F. The van der Waals surface area contributed by atoms with Crippen LogP contribution < -0.4 is 4.90 Å². The van der Waals surface area contributed by atoms with Gasteiger partial charge in [-0.25, -0.2) is 8.78 Å². The maximum atomic E-state index is 15.9. The fraction of sp³-hybridized carbons (Fsp3) is 0.143. The molecule has 0 radical (unpaired) electrons. The first-order valence-electron chi connectivity index (χ1n) is 10.4. The van der Waals surface area contributed by atoms with Gasteiger partial charge in [-0.05, 0) is 46.0 Å². The fourth-order valence-electron chi connectivity index (χ4n) is 4.82. The third-order valence-electron chi connectivity index (χ3n) is 6.45. The van der Waals surface area contributed by atoms with Gasteiger partial charge in [0.05, 0.1) is 11.4 Å². The maximum absolute atomic E-state index is 15.9. The van der Waals surface area contributed by atoms with Gasteiger partial charge in [0.2, 0.25) is 0 Å². The van der Waals surface area contributed by atoms with Crippen LogP contribution in [0, 0.1) is 11.6 Å². The second kappa shape index (κ2) is 7.05. The number of hydrogen-bond acceptors (Lipinski definition) is 1. The summed E-state index contributed by atoms with van der Waals surface area (Å²) >= 11 is 0. The van der Waals surface area contributed by atoms with E-state index >= 15 is 4.39 Å². The van der Waals surface area contributed by atoms with Crippen LogP contribution in [0.3, 0.4) is 0 Å². The molecular formula is C28H23F2N. The smallest absolute Gasteiger partial charge is 0.154 e. The molecule has 0 spiro atoms. The summed E-state index contributed by atoms with van der Waals surface area (Å²) in [5.41, 5.74) is 6.56. The van der Waals surface area contributed by atoms with Crippen LogP contribution >= 0.6 is 0 Å². The lowest BCUT2D eigenvalue weighted by Crippen LogP contribution is -2.15. The average molecular weight is 411 g/mol. The summed E-state index contributed by atoms with van der Waals surface area (Å²) in [7, 11) is 1.69. The highest BCUT2D eigenvalue weighted by molar-refractivity contribution is 5.93. The molecule has 0 bridgehead atoms. The van der Waals surface area contributed by atoms with Crippen molar-refractivity contribution < 1.29 is 8.78 Å². The Morgan fingerprint density at radius 1 is 0.613 bits per heavy atom. The fourth-order valence-corrected chi connectivity index (χ4v) is 4.82. The van der Waals surface area contributed by atoms with Gasteiger partial charge in [-0.2, -0.15) is 0 Å². The number of para-hydroxylation sites is 1. The summed E-state index contributed by atoms with van der Waals surface area (Å²) in [5.74, 6) is -0.741. The van der Waals surface area contributed by atoms with E-state index in [9.17, 15) is 4.39 Å². The Bertz CT molecular complexity index is 1310. The number of benzene rings is 4. The monoisotopic (exact) mass is 411 g/mol. The van der Waals surface area contributed by atoms with E-state index in [1.807, 2.05) is 24.3 Å². The van der Waals surface area contributed by atoms with Gasteiger partial charge in [-0.15, -0.1) is 0 Å². The third kappa shape index (κ3) is 2.88. The van der Waals surface area contributed by atoms with Crippen molar-refractivity contribution in [3.63, 3.8) is 0 Å². The summed E-state index contributed by atoms with van der Waals surface area (Å²) in [5, 5.41) is 0. The van der Waals surface area contributed by atoms with Crippen molar-refractivity contribution in [3.05, 3.63) is 108 Å². The molecule has 4 aromatic rings. The molecular weight excluding hydrogens is 388 g/mol. The first kappa shape index (κ1) is 19.5. The molecule has 4 aromatic carbocycles. The predicted molar refractivity (Wildman–Crippen MR) is 124 cm³/mol. The number of anilines is 2. The van der Waals surface area contributed by atoms with E-state index in [-0.39, 0.29) is 17.0 Å². The molecule has 1 aliphatic carbocycles. The molecule has 5 rings (SSSR count). The Balaban J connectivity index is 1.71. The number of fused-ring (bicyclic) bond motifs is 3.